The third-order valence-corrected chi connectivity index (χ3v) is 4.19. The van der Waals surface area contributed by atoms with E-state index in [1.807, 2.05) is 13.0 Å². The van der Waals surface area contributed by atoms with Gasteiger partial charge >= 0.3 is 0 Å². The maximum Gasteiger partial charge on any atom is 0.261 e. The predicted octanol–water partition coefficient (Wildman–Crippen LogP) is 2.47. The highest BCUT2D eigenvalue weighted by molar-refractivity contribution is 7.08. The molecule has 3 rings (SSSR count). The molecule has 1 aliphatic heterocycles. The number of aryl methyl sites for hydroxylation is 1. The van der Waals surface area contributed by atoms with Gasteiger partial charge in [0.25, 0.3) is 5.91 Å². The number of carbonyl (C=O) groups is 2. The first-order valence-electron chi connectivity index (χ1n) is 6.21. The molecule has 2 aromatic rings. The van der Waals surface area contributed by atoms with Crippen molar-refractivity contribution in [1.29, 1.82) is 0 Å². The number of rotatable bonds is 3. The summed E-state index contributed by atoms with van der Waals surface area (Å²) in [6, 6.07) is 7.00. The SMILES string of the molecule is Cc1ccc2c(c1)NC(=O)[C@@]2(O)CC(=O)c1ccsc1. The summed E-state index contributed by atoms with van der Waals surface area (Å²) in [5.41, 5.74) is 0.781. The summed E-state index contributed by atoms with van der Waals surface area (Å²) < 4.78 is 0. The first-order valence-corrected chi connectivity index (χ1v) is 7.15. The molecular weight excluding hydrogens is 274 g/mol. The smallest absolute Gasteiger partial charge is 0.261 e. The maximum absolute atomic E-state index is 12.2. The minimum atomic E-state index is -1.78. The minimum Gasteiger partial charge on any atom is -0.375 e. The quantitative estimate of drug-likeness (QED) is 0.852. The van der Waals surface area contributed by atoms with Crippen LogP contribution in [0.3, 0.4) is 0 Å². The van der Waals surface area contributed by atoms with Gasteiger partial charge < -0.3 is 10.4 Å². The zero-order valence-corrected chi connectivity index (χ0v) is 11.7. The van der Waals surface area contributed by atoms with Crippen molar-refractivity contribution in [1.82, 2.24) is 0 Å². The molecule has 0 saturated carbocycles. The average Bonchev–Trinajstić information content (AvgIpc) is 2.98. The molecule has 0 spiro atoms. The van der Waals surface area contributed by atoms with Gasteiger partial charge in [-0.05, 0) is 30.0 Å². The molecule has 0 unspecified atom stereocenters. The van der Waals surface area contributed by atoms with E-state index in [0.29, 0.717) is 16.8 Å². The number of hydrogen-bond donors (Lipinski definition) is 2. The van der Waals surface area contributed by atoms with E-state index in [9.17, 15) is 14.7 Å². The monoisotopic (exact) mass is 287 g/mol. The normalized spacial score (nSPS) is 20.6. The lowest BCUT2D eigenvalue weighted by molar-refractivity contribution is -0.133. The predicted molar refractivity (Wildman–Crippen MR) is 77.0 cm³/mol. The van der Waals surface area contributed by atoms with Gasteiger partial charge in [0.05, 0.1) is 6.42 Å². The minimum absolute atomic E-state index is 0.239. The molecule has 1 amide bonds. The van der Waals surface area contributed by atoms with Gasteiger partial charge in [-0.3, -0.25) is 9.59 Å². The van der Waals surface area contributed by atoms with E-state index in [1.54, 1.807) is 29.0 Å². The van der Waals surface area contributed by atoms with Crippen LogP contribution in [0.25, 0.3) is 0 Å². The highest BCUT2D eigenvalue weighted by atomic mass is 32.1. The summed E-state index contributed by atoms with van der Waals surface area (Å²) in [5, 5.41) is 16.8. The number of hydrogen-bond acceptors (Lipinski definition) is 4. The van der Waals surface area contributed by atoms with E-state index in [-0.39, 0.29) is 12.2 Å². The average molecular weight is 287 g/mol. The molecule has 4 nitrogen and oxygen atoms in total. The largest absolute Gasteiger partial charge is 0.375 e. The summed E-state index contributed by atoms with van der Waals surface area (Å²) in [4.78, 5) is 24.2. The number of nitrogens with one attached hydrogen (secondary N) is 1. The number of Topliss-reactive ketones (excluding diaryl/α,β-unsaturated/α-hetero) is 1. The lowest BCUT2D eigenvalue weighted by Gasteiger charge is -2.19. The fraction of sp³-hybridized carbons (Fsp3) is 0.200. The molecule has 0 saturated heterocycles. The van der Waals surface area contributed by atoms with E-state index >= 15 is 0 Å². The summed E-state index contributed by atoms with van der Waals surface area (Å²) in [5.74, 6) is -0.779. The second-order valence-electron chi connectivity index (χ2n) is 4.98. The Morgan fingerprint density at radius 1 is 1.40 bits per heavy atom. The van der Waals surface area contributed by atoms with Crippen molar-refractivity contribution in [2.75, 3.05) is 5.32 Å². The summed E-state index contributed by atoms with van der Waals surface area (Å²) in [7, 11) is 0. The molecule has 0 radical (unpaired) electrons. The number of carbonyl (C=O) groups excluding carboxylic acids is 2. The van der Waals surface area contributed by atoms with Crippen LogP contribution in [0.2, 0.25) is 0 Å². The van der Waals surface area contributed by atoms with Crippen LogP contribution < -0.4 is 5.32 Å². The van der Waals surface area contributed by atoms with Crippen molar-refractivity contribution in [3.05, 3.63) is 51.7 Å². The fourth-order valence-electron chi connectivity index (χ4n) is 2.40. The Morgan fingerprint density at radius 2 is 2.20 bits per heavy atom. The Bertz CT molecular complexity index is 693. The number of anilines is 1. The number of benzene rings is 1. The molecule has 0 bridgehead atoms. The first-order chi connectivity index (χ1) is 9.50. The standard InChI is InChI=1S/C15H13NO3S/c1-9-2-3-11-12(6-9)16-14(18)15(11,19)7-13(17)10-4-5-20-8-10/h2-6,8,19H,7H2,1H3,(H,16,18)/t15-/m1/s1. The van der Waals surface area contributed by atoms with Crippen molar-refractivity contribution < 1.29 is 14.7 Å². The highest BCUT2D eigenvalue weighted by Gasteiger charge is 2.46. The van der Waals surface area contributed by atoms with Crippen molar-refractivity contribution in [3.8, 4) is 0 Å². The fourth-order valence-corrected chi connectivity index (χ4v) is 3.06. The Hall–Kier alpha value is -1.98. The Morgan fingerprint density at radius 3 is 2.90 bits per heavy atom. The van der Waals surface area contributed by atoms with E-state index < -0.39 is 11.5 Å². The molecule has 2 heterocycles. The van der Waals surface area contributed by atoms with Gasteiger partial charge in [-0.15, -0.1) is 0 Å². The third-order valence-electron chi connectivity index (χ3n) is 3.50. The van der Waals surface area contributed by atoms with Gasteiger partial charge in [-0.25, -0.2) is 0 Å². The Kier molecular flexibility index (Phi) is 2.96. The van der Waals surface area contributed by atoms with E-state index in [1.165, 1.54) is 11.3 Å². The zero-order valence-electron chi connectivity index (χ0n) is 10.8. The third kappa shape index (κ3) is 1.95. The number of fused-ring (bicyclic) bond motifs is 1. The van der Waals surface area contributed by atoms with Gasteiger partial charge in [-0.1, -0.05) is 12.1 Å². The molecular formula is C15H13NO3S. The molecule has 1 aromatic heterocycles. The molecule has 1 aliphatic rings. The van der Waals surface area contributed by atoms with Crippen LogP contribution in [-0.4, -0.2) is 16.8 Å². The van der Waals surface area contributed by atoms with Gasteiger partial charge in [0, 0.05) is 22.2 Å². The van der Waals surface area contributed by atoms with Crippen LogP contribution in [0.15, 0.2) is 35.0 Å². The maximum atomic E-state index is 12.2. The van der Waals surface area contributed by atoms with E-state index in [2.05, 4.69) is 5.32 Å². The van der Waals surface area contributed by atoms with Gasteiger partial charge in [0.1, 0.15) is 0 Å². The molecule has 2 N–H and O–H groups in total. The highest BCUT2D eigenvalue weighted by Crippen LogP contribution is 2.39. The van der Waals surface area contributed by atoms with Crippen molar-refractivity contribution in [3.63, 3.8) is 0 Å². The molecule has 102 valence electrons. The van der Waals surface area contributed by atoms with Crippen LogP contribution in [0.4, 0.5) is 5.69 Å². The van der Waals surface area contributed by atoms with Crippen LogP contribution in [0.1, 0.15) is 27.9 Å². The van der Waals surface area contributed by atoms with Crippen molar-refractivity contribution >= 4 is 28.7 Å². The molecule has 0 fully saturated rings. The van der Waals surface area contributed by atoms with Gasteiger partial charge in [0.15, 0.2) is 11.4 Å². The first kappa shape index (κ1) is 13.0. The van der Waals surface area contributed by atoms with Crippen molar-refractivity contribution in [2.45, 2.75) is 18.9 Å². The van der Waals surface area contributed by atoms with Crippen LogP contribution in [0.5, 0.6) is 0 Å². The summed E-state index contributed by atoms with van der Waals surface area (Å²) in [6.45, 7) is 1.90. The second kappa shape index (κ2) is 4.54. The van der Waals surface area contributed by atoms with E-state index in [4.69, 9.17) is 0 Å². The molecule has 5 heteroatoms. The van der Waals surface area contributed by atoms with Gasteiger partial charge in [-0.2, -0.15) is 11.3 Å². The van der Waals surface area contributed by atoms with Gasteiger partial charge in [0.2, 0.25) is 0 Å². The van der Waals surface area contributed by atoms with Crippen molar-refractivity contribution in [2.24, 2.45) is 0 Å². The summed E-state index contributed by atoms with van der Waals surface area (Å²) >= 11 is 1.41. The number of thiophene rings is 1. The second-order valence-corrected chi connectivity index (χ2v) is 5.76. The number of amides is 1. The molecule has 1 atom stereocenters. The zero-order chi connectivity index (χ0) is 14.3. The Labute approximate surface area is 120 Å². The molecule has 1 aromatic carbocycles. The van der Waals surface area contributed by atoms with Crippen LogP contribution in [-0.2, 0) is 10.4 Å². The lowest BCUT2D eigenvalue weighted by atomic mass is 9.88. The number of ketones is 1. The summed E-state index contributed by atoms with van der Waals surface area (Å²) in [6.07, 6.45) is -0.244. The van der Waals surface area contributed by atoms with Crippen LogP contribution >= 0.6 is 11.3 Å². The number of aliphatic hydroxyl groups is 1. The lowest BCUT2D eigenvalue weighted by Crippen LogP contribution is -2.36. The molecule has 20 heavy (non-hydrogen) atoms. The topological polar surface area (TPSA) is 66.4 Å². The van der Waals surface area contributed by atoms with E-state index in [0.717, 1.165) is 5.56 Å². The Balaban J connectivity index is 1.96. The van der Waals surface area contributed by atoms with Crippen LogP contribution in [0, 0.1) is 6.92 Å². The molecule has 0 aliphatic carbocycles.